The molecule has 0 atom stereocenters. The van der Waals surface area contributed by atoms with E-state index in [0.717, 1.165) is 16.9 Å². The number of esters is 1. The van der Waals surface area contributed by atoms with Crippen molar-refractivity contribution in [3.63, 3.8) is 0 Å². The molecule has 0 unspecified atom stereocenters. The number of nitriles is 1. The lowest BCUT2D eigenvalue weighted by Gasteiger charge is -2.06. The van der Waals surface area contributed by atoms with Crippen LogP contribution in [0.3, 0.4) is 0 Å². The van der Waals surface area contributed by atoms with Crippen LogP contribution in [0.2, 0.25) is 5.02 Å². The van der Waals surface area contributed by atoms with Gasteiger partial charge in [-0.1, -0.05) is 23.7 Å². The molecular formula is C19H17ClN2O3S. The molecule has 0 spiro atoms. The molecule has 1 aromatic heterocycles. The molecule has 0 aliphatic rings. The van der Waals surface area contributed by atoms with E-state index in [4.69, 9.17) is 16.3 Å². The molecule has 0 fully saturated rings. The van der Waals surface area contributed by atoms with Gasteiger partial charge in [0.15, 0.2) is 0 Å². The van der Waals surface area contributed by atoms with E-state index in [1.807, 2.05) is 12.1 Å². The van der Waals surface area contributed by atoms with Crippen LogP contribution >= 0.6 is 22.9 Å². The third-order valence-electron chi connectivity index (χ3n) is 3.30. The maximum absolute atomic E-state index is 12.2. The molecule has 134 valence electrons. The first-order chi connectivity index (χ1) is 12.3. The molecule has 0 aliphatic carbocycles. The first kappa shape index (κ1) is 19.7. The average Bonchev–Trinajstić information content (AvgIpc) is 2.88. The monoisotopic (exact) mass is 388 g/mol. The van der Waals surface area contributed by atoms with Crippen molar-refractivity contribution < 1.29 is 14.3 Å². The molecule has 2 aromatic rings. The van der Waals surface area contributed by atoms with Gasteiger partial charge in [0.1, 0.15) is 15.9 Å². The van der Waals surface area contributed by atoms with Crippen molar-refractivity contribution in [3.8, 4) is 6.07 Å². The lowest BCUT2D eigenvalue weighted by Crippen LogP contribution is -2.11. The van der Waals surface area contributed by atoms with E-state index in [2.05, 4.69) is 5.32 Å². The molecule has 0 radical (unpaired) electrons. The fourth-order valence-corrected chi connectivity index (χ4v) is 3.38. The van der Waals surface area contributed by atoms with E-state index in [1.165, 1.54) is 6.08 Å². The van der Waals surface area contributed by atoms with Crippen molar-refractivity contribution in [2.75, 3.05) is 5.32 Å². The van der Waals surface area contributed by atoms with Gasteiger partial charge < -0.3 is 10.1 Å². The first-order valence-electron chi connectivity index (χ1n) is 7.81. The second kappa shape index (κ2) is 8.65. The minimum Gasteiger partial charge on any atom is -0.459 e. The van der Waals surface area contributed by atoms with Crippen molar-refractivity contribution in [1.82, 2.24) is 0 Å². The summed E-state index contributed by atoms with van der Waals surface area (Å²) in [7, 11) is 0. The van der Waals surface area contributed by atoms with Crippen LogP contribution in [0.1, 0.15) is 40.2 Å². The zero-order valence-electron chi connectivity index (χ0n) is 14.5. The Kier molecular flexibility index (Phi) is 6.56. The van der Waals surface area contributed by atoms with Gasteiger partial charge >= 0.3 is 5.97 Å². The third-order valence-corrected chi connectivity index (χ3v) is 4.72. The number of rotatable bonds is 5. The Bertz CT molecular complexity index is 910. The number of nitrogens with zero attached hydrogens (tertiary/aromatic N) is 1. The Morgan fingerprint density at radius 2 is 2.12 bits per heavy atom. The molecule has 26 heavy (non-hydrogen) atoms. The predicted octanol–water partition coefficient (Wildman–Crippen LogP) is 4.80. The molecule has 2 rings (SSSR count). The van der Waals surface area contributed by atoms with E-state index in [1.54, 1.807) is 45.0 Å². The Hall–Kier alpha value is -2.62. The van der Waals surface area contributed by atoms with Crippen molar-refractivity contribution in [1.29, 1.82) is 5.26 Å². The summed E-state index contributed by atoms with van der Waals surface area (Å²) in [4.78, 5) is 24.6. The SMILES string of the molecule is Cc1c(C(=O)OC(C)C)sc(NC(=O)C=Cc2cccc(Cl)c2)c1C#N. The lowest BCUT2D eigenvalue weighted by molar-refractivity contribution is -0.111. The van der Waals surface area contributed by atoms with Gasteiger partial charge in [-0.15, -0.1) is 11.3 Å². The number of amides is 1. The summed E-state index contributed by atoms with van der Waals surface area (Å²) in [5.41, 5.74) is 1.53. The van der Waals surface area contributed by atoms with Gasteiger partial charge in [-0.2, -0.15) is 5.26 Å². The quantitative estimate of drug-likeness (QED) is 0.589. The highest BCUT2D eigenvalue weighted by Gasteiger charge is 2.22. The Labute approximate surface area is 160 Å². The zero-order valence-corrected chi connectivity index (χ0v) is 16.1. The maximum Gasteiger partial charge on any atom is 0.348 e. The Morgan fingerprint density at radius 1 is 1.38 bits per heavy atom. The third kappa shape index (κ3) is 4.94. The molecule has 7 heteroatoms. The number of thiophene rings is 1. The summed E-state index contributed by atoms with van der Waals surface area (Å²) in [5, 5.41) is 12.9. The summed E-state index contributed by atoms with van der Waals surface area (Å²) < 4.78 is 5.17. The number of halogens is 1. The van der Waals surface area contributed by atoms with Crippen LogP contribution in [0.15, 0.2) is 30.3 Å². The molecule has 1 aromatic carbocycles. The second-order valence-corrected chi connectivity index (χ2v) is 7.16. The minimum absolute atomic E-state index is 0.259. The molecule has 0 saturated heterocycles. The van der Waals surface area contributed by atoms with Gasteiger partial charge in [-0.3, -0.25) is 4.79 Å². The average molecular weight is 389 g/mol. The fourth-order valence-electron chi connectivity index (χ4n) is 2.13. The van der Waals surface area contributed by atoms with Crippen LogP contribution in [-0.4, -0.2) is 18.0 Å². The van der Waals surface area contributed by atoms with Crippen LogP contribution in [0.4, 0.5) is 5.00 Å². The number of ether oxygens (including phenoxy) is 1. The van der Waals surface area contributed by atoms with Crippen molar-refractivity contribution >= 4 is 45.9 Å². The van der Waals surface area contributed by atoms with Crippen LogP contribution in [0.25, 0.3) is 6.08 Å². The highest BCUT2D eigenvalue weighted by atomic mass is 35.5. The van der Waals surface area contributed by atoms with Crippen molar-refractivity contribution in [2.24, 2.45) is 0 Å². The van der Waals surface area contributed by atoms with Gasteiger partial charge in [0.2, 0.25) is 5.91 Å². The summed E-state index contributed by atoms with van der Waals surface area (Å²) in [5.74, 6) is -0.916. The lowest BCUT2D eigenvalue weighted by atomic mass is 10.1. The molecule has 1 heterocycles. The van der Waals surface area contributed by atoms with Gasteiger partial charge in [-0.25, -0.2) is 4.79 Å². The van der Waals surface area contributed by atoms with E-state index in [9.17, 15) is 14.9 Å². The summed E-state index contributed by atoms with van der Waals surface area (Å²) >= 11 is 6.93. The minimum atomic E-state index is -0.506. The van der Waals surface area contributed by atoms with Gasteiger partial charge in [0.25, 0.3) is 0 Å². The van der Waals surface area contributed by atoms with E-state index in [-0.39, 0.29) is 11.7 Å². The van der Waals surface area contributed by atoms with E-state index < -0.39 is 11.9 Å². The van der Waals surface area contributed by atoms with Crippen LogP contribution < -0.4 is 5.32 Å². The summed E-state index contributed by atoms with van der Waals surface area (Å²) in [6.45, 7) is 5.15. The largest absolute Gasteiger partial charge is 0.459 e. The number of hydrogen-bond donors (Lipinski definition) is 1. The van der Waals surface area contributed by atoms with Crippen LogP contribution in [0.5, 0.6) is 0 Å². The predicted molar refractivity (Wildman–Crippen MR) is 103 cm³/mol. The molecular weight excluding hydrogens is 372 g/mol. The fraction of sp³-hybridized carbons (Fsp3) is 0.211. The standard InChI is InChI=1S/C19H17ClN2O3S/c1-11(2)25-19(24)17-12(3)15(10-21)18(26-17)22-16(23)8-7-13-5-4-6-14(20)9-13/h4-9,11H,1-3H3,(H,22,23). The molecule has 0 bridgehead atoms. The second-order valence-electron chi connectivity index (χ2n) is 5.70. The Morgan fingerprint density at radius 3 is 2.73 bits per heavy atom. The van der Waals surface area contributed by atoms with Gasteiger partial charge in [0.05, 0.1) is 11.7 Å². The molecule has 1 N–H and O–H groups in total. The van der Waals surface area contributed by atoms with E-state index >= 15 is 0 Å². The van der Waals surface area contributed by atoms with Gasteiger partial charge in [0, 0.05) is 11.1 Å². The highest BCUT2D eigenvalue weighted by molar-refractivity contribution is 7.18. The normalized spacial score (nSPS) is 10.8. The topological polar surface area (TPSA) is 79.2 Å². The summed E-state index contributed by atoms with van der Waals surface area (Å²) in [6.07, 6.45) is 2.68. The first-order valence-corrected chi connectivity index (χ1v) is 9.00. The molecule has 5 nitrogen and oxygen atoms in total. The number of anilines is 1. The number of hydrogen-bond acceptors (Lipinski definition) is 5. The van der Waals surface area contributed by atoms with Crippen LogP contribution in [-0.2, 0) is 9.53 Å². The number of nitrogens with one attached hydrogen (secondary N) is 1. The van der Waals surface area contributed by atoms with Gasteiger partial charge in [-0.05, 0) is 50.1 Å². The molecule has 1 amide bonds. The maximum atomic E-state index is 12.2. The smallest absolute Gasteiger partial charge is 0.348 e. The number of benzene rings is 1. The Balaban J connectivity index is 2.19. The summed E-state index contributed by atoms with van der Waals surface area (Å²) in [6, 6.07) is 9.08. The van der Waals surface area contributed by atoms with E-state index in [0.29, 0.717) is 20.5 Å². The van der Waals surface area contributed by atoms with Crippen LogP contribution in [0, 0.1) is 18.3 Å². The zero-order chi connectivity index (χ0) is 19.3. The number of carbonyl (C=O) groups excluding carboxylic acids is 2. The molecule has 0 saturated carbocycles. The van der Waals surface area contributed by atoms with Crippen molar-refractivity contribution in [3.05, 3.63) is 56.9 Å². The highest BCUT2D eigenvalue weighted by Crippen LogP contribution is 2.33. The van der Waals surface area contributed by atoms with Crippen molar-refractivity contribution in [2.45, 2.75) is 26.9 Å². The molecule has 0 aliphatic heterocycles. The number of carbonyl (C=O) groups is 2.